The van der Waals surface area contributed by atoms with Crippen molar-refractivity contribution in [2.24, 2.45) is 5.73 Å². The van der Waals surface area contributed by atoms with Gasteiger partial charge in [-0.05, 0) is 6.92 Å². The molecule has 0 spiro atoms. The highest BCUT2D eigenvalue weighted by molar-refractivity contribution is 5.85. The summed E-state index contributed by atoms with van der Waals surface area (Å²) < 4.78 is 0. The highest BCUT2D eigenvalue weighted by Gasteiger charge is 1.96. The van der Waals surface area contributed by atoms with Gasteiger partial charge in [0.2, 0.25) is 0 Å². The Bertz CT molecular complexity index is 150. The van der Waals surface area contributed by atoms with E-state index < -0.39 is 0 Å². The molecule has 3 N–H and O–H groups in total. The van der Waals surface area contributed by atoms with Crippen LogP contribution >= 0.6 is 24.8 Å². The third-order valence-corrected chi connectivity index (χ3v) is 1.01. The van der Waals surface area contributed by atoms with Gasteiger partial charge in [-0.3, -0.25) is 0 Å². The van der Waals surface area contributed by atoms with Crippen molar-refractivity contribution in [1.29, 1.82) is 0 Å². The average Bonchev–Trinajstić information content (AvgIpc) is 2.12. The quantitative estimate of drug-likeness (QED) is 0.690. The van der Waals surface area contributed by atoms with Gasteiger partial charge in [0, 0.05) is 12.2 Å². The van der Waals surface area contributed by atoms with E-state index in [1.807, 2.05) is 6.92 Å². The Labute approximate surface area is 72.2 Å². The fourth-order valence-corrected chi connectivity index (χ4v) is 0.516. The molecule has 1 rings (SSSR count). The van der Waals surface area contributed by atoms with E-state index in [2.05, 4.69) is 9.97 Å². The maximum Gasteiger partial charge on any atom is 0.0922 e. The number of halogens is 2. The van der Waals surface area contributed by atoms with Crippen LogP contribution in [0.2, 0.25) is 0 Å². The Morgan fingerprint density at radius 3 is 2.40 bits per heavy atom. The lowest BCUT2D eigenvalue weighted by Gasteiger charge is -1.96. The predicted molar refractivity (Wildman–Crippen MR) is 45.7 cm³/mol. The molecule has 1 aromatic rings. The van der Waals surface area contributed by atoms with Crippen LogP contribution in [-0.4, -0.2) is 9.97 Å². The molecule has 0 amide bonds. The highest BCUT2D eigenvalue weighted by Crippen LogP contribution is 2.00. The Morgan fingerprint density at radius 1 is 1.60 bits per heavy atom. The third kappa shape index (κ3) is 3.06. The van der Waals surface area contributed by atoms with Gasteiger partial charge in [0.1, 0.15) is 0 Å². The Balaban J connectivity index is 0. The molecule has 1 heterocycles. The van der Waals surface area contributed by atoms with E-state index >= 15 is 0 Å². The van der Waals surface area contributed by atoms with Gasteiger partial charge in [-0.2, -0.15) is 0 Å². The minimum absolute atomic E-state index is 0. The van der Waals surface area contributed by atoms with Crippen molar-refractivity contribution >= 4 is 24.8 Å². The van der Waals surface area contributed by atoms with Gasteiger partial charge in [-0.25, -0.2) is 4.98 Å². The van der Waals surface area contributed by atoms with E-state index in [1.165, 1.54) is 0 Å². The van der Waals surface area contributed by atoms with Gasteiger partial charge in [-0.15, -0.1) is 24.8 Å². The van der Waals surface area contributed by atoms with Crippen LogP contribution in [0.15, 0.2) is 12.5 Å². The largest absolute Gasteiger partial charge is 0.347 e. The zero-order valence-corrected chi connectivity index (χ0v) is 7.21. The molecular weight excluding hydrogens is 173 g/mol. The molecule has 0 aromatic carbocycles. The van der Waals surface area contributed by atoms with Crippen LogP contribution in [-0.2, 0) is 0 Å². The van der Waals surface area contributed by atoms with Gasteiger partial charge in [-0.1, -0.05) is 0 Å². The smallest absolute Gasteiger partial charge is 0.0922 e. The fraction of sp³-hybridized carbons (Fsp3) is 0.400. The Morgan fingerprint density at radius 2 is 2.20 bits per heavy atom. The summed E-state index contributed by atoms with van der Waals surface area (Å²) in [7, 11) is 0. The highest BCUT2D eigenvalue weighted by atomic mass is 35.5. The van der Waals surface area contributed by atoms with Crippen molar-refractivity contribution in [3.8, 4) is 0 Å². The summed E-state index contributed by atoms with van der Waals surface area (Å²) in [6.45, 7) is 1.91. The van der Waals surface area contributed by atoms with Crippen LogP contribution < -0.4 is 5.73 Å². The number of hydrogen-bond donors (Lipinski definition) is 2. The topological polar surface area (TPSA) is 54.7 Å². The second kappa shape index (κ2) is 5.53. The lowest BCUT2D eigenvalue weighted by Crippen LogP contribution is -2.04. The van der Waals surface area contributed by atoms with Crippen LogP contribution in [0.4, 0.5) is 0 Å². The summed E-state index contributed by atoms with van der Waals surface area (Å²) in [6.07, 6.45) is 3.35. The zero-order valence-electron chi connectivity index (χ0n) is 5.57. The normalized spacial score (nSPS) is 11.0. The van der Waals surface area contributed by atoms with Crippen molar-refractivity contribution in [1.82, 2.24) is 9.97 Å². The molecule has 0 radical (unpaired) electrons. The SMILES string of the molecule is C[C@H](N)c1cnc[nH]1.Cl.Cl. The van der Waals surface area contributed by atoms with E-state index in [9.17, 15) is 0 Å². The number of nitrogens with one attached hydrogen (secondary N) is 1. The molecule has 10 heavy (non-hydrogen) atoms. The predicted octanol–water partition coefficient (Wildman–Crippen LogP) is 1.27. The number of aromatic amines is 1. The molecule has 0 unspecified atom stereocenters. The molecule has 3 nitrogen and oxygen atoms in total. The summed E-state index contributed by atoms with van der Waals surface area (Å²) >= 11 is 0. The summed E-state index contributed by atoms with van der Waals surface area (Å²) in [5.41, 5.74) is 6.46. The molecule has 0 saturated carbocycles. The molecule has 5 heteroatoms. The van der Waals surface area contributed by atoms with E-state index in [4.69, 9.17) is 5.73 Å². The Kier molecular flexibility index (Phi) is 6.87. The first-order valence-electron chi connectivity index (χ1n) is 2.54. The van der Waals surface area contributed by atoms with Gasteiger partial charge >= 0.3 is 0 Å². The van der Waals surface area contributed by atoms with Crippen molar-refractivity contribution in [2.75, 3.05) is 0 Å². The van der Waals surface area contributed by atoms with E-state index in [-0.39, 0.29) is 30.9 Å². The van der Waals surface area contributed by atoms with Crippen LogP contribution in [0.3, 0.4) is 0 Å². The molecule has 0 bridgehead atoms. The summed E-state index contributed by atoms with van der Waals surface area (Å²) in [6, 6.07) is 0.0671. The van der Waals surface area contributed by atoms with Crippen molar-refractivity contribution in [3.05, 3.63) is 18.2 Å². The molecule has 0 aliphatic carbocycles. The lowest BCUT2D eigenvalue weighted by molar-refractivity contribution is 0.789. The summed E-state index contributed by atoms with van der Waals surface area (Å²) in [5.74, 6) is 0. The van der Waals surface area contributed by atoms with Crippen LogP contribution in [0.5, 0.6) is 0 Å². The average molecular weight is 184 g/mol. The zero-order chi connectivity index (χ0) is 5.98. The lowest BCUT2D eigenvalue weighted by atomic mass is 10.3. The van der Waals surface area contributed by atoms with Gasteiger partial charge in [0.15, 0.2) is 0 Å². The molecule has 0 aliphatic heterocycles. The monoisotopic (exact) mass is 183 g/mol. The second-order valence-electron chi connectivity index (χ2n) is 1.80. The van der Waals surface area contributed by atoms with Crippen molar-refractivity contribution < 1.29 is 0 Å². The number of nitrogens with two attached hydrogens (primary N) is 1. The number of hydrogen-bond acceptors (Lipinski definition) is 2. The number of nitrogens with zero attached hydrogens (tertiary/aromatic N) is 1. The van der Waals surface area contributed by atoms with Gasteiger partial charge < -0.3 is 10.7 Å². The van der Waals surface area contributed by atoms with Crippen LogP contribution in [0, 0.1) is 0 Å². The van der Waals surface area contributed by atoms with Gasteiger partial charge in [0.25, 0.3) is 0 Å². The van der Waals surface area contributed by atoms with Crippen LogP contribution in [0.1, 0.15) is 18.7 Å². The molecule has 0 aliphatic rings. The number of rotatable bonds is 1. The molecule has 60 valence electrons. The van der Waals surface area contributed by atoms with E-state index in [0.29, 0.717) is 0 Å². The fourth-order valence-electron chi connectivity index (χ4n) is 0.516. The number of H-pyrrole nitrogens is 1. The molecule has 1 aromatic heterocycles. The van der Waals surface area contributed by atoms with Crippen molar-refractivity contribution in [2.45, 2.75) is 13.0 Å². The van der Waals surface area contributed by atoms with E-state index in [1.54, 1.807) is 12.5 Å². The first-order valence-corrected chi connectivity index (χ1v) is 2.54. The molecule has 0 fully saturated rings. The number of aromatic nitrogens is 2. The van der Waals surface area contributed by atoms with E-state index in [0.717, 1.165) is 5.69 Å². The second-order valence-corrected chi connectivity index (χ2v) is 1.80. The molecule has 0 saturated heterocycles. The molecule has 1 atom stereocenters. The standard InChI is InChI=1S/C5H9N3.2ClH/c1-4(6)5-2-7-3-8-5;;/h2-4H,6H2,1H3,(H,7,8);2*1H/t4-;;/m0../s1. The first kappa shape index (κ1) is 12.4. The third-order valence-electron chi connectivity index (χ3n) is 1.01. The Hall–Kier alpha value is -0.250. The van der Waals surface area contributed by atoms with Gasteiger partial charge in [0.05, 0.1) is 12.0 Å². The number of imidazole rings is 1. The minimum atomic E-state index is 0. The molecular formula is C5H11Cl2N3. The maximum absolute atomic E-state index is 5.49. The minimum Gasteiger partial charge on any atom is -0.347 e. The summed E-state index contributed by atoms with van der Waals surface area (Å²) in [4.78, 5) is 6.71. The first-order chi connectivity index (χ1) is 3.80. The van der Waals surface area contributed by atoms with Crippen LogP contribution in [0.25, 0.3) is 0 Å². The van der Waals surface area contributed by atoms with Crippen molar-refractivity contribution in [3.63, 3.8) is 0 Å². The maximum atomic E-state index is 5.49. The summed E-state index contributed by atoms with van der Waals surface area (Å²) in [5, 5.41) is 0.